The van der Waals surface area contributed by atoms with Gasteiger partial charge < -0.3 is 25.6 Å². The fourth-order valence-corrected chi connectivity index (χ4v) is 1.57. The third kappa shape index (κ3) is 4.04. The molecule has 0 fully saturated rings. The van der Waals surface area contributed by atoms with Crippen molar-refractivity contribution in [1.29, 1.82) is 0 Å². The molecule has 0 saturated heterocycles. The molecule has 0 bridgehead atoms. The molecule has 7 heteroatoms. The number of amides is 1. The number of anilines is 1. The third-order valence-electron chi connectivity index (χ3n) is 2.53. The summed E-state index contributed by atoms with van der Waals surface area (Å²) in [5.74, 6) is -0.731. The minimum Gasteiger partial charge on any atom is -0.493 e. The Morgan fingerprint density at radius 2 is 2.05 bits per heavy atom. The van der Waals surface area contributed by atoms with E-state index in [4.69, 9.17) is 20.3 Å². The van der Waals surface area contributed by atoms with Crippen molar-refractivity contribution in [2.24, 2.45) is 0 Å². The van der Waals surface area contributed by atoms with Crippen LogP contribution < -0.4 is 20.5 Å². The normalized spacial score (nSPS) is 9.90. The summed E-state index contributed by atoms with van der Waals surface area (Å²) in [4.78, 5) is 22.3. The molecule has 0 aliphatic heterocycles. The first-order valence-electron chi connectivity index (χ1n) is 6.09. The van der Waals surface area contributed by atoms with Gasteiger partial charge in [-0.3, -0.25) is 4.79 Å². The Morgan fingerprint density at radius 3 is 2.60 bits per heavy atom. The maximum Gasteiger partial charge on any atom is 0.337 e. The average molecular weight is 282 g/mol. The number of carbonyl (C=O) groups is 2. The van der Waals surface area contributed by atoms with E-state index in [1.165, 1.54) is 19.2 Å². The van der Waals surface area contributed by atoms with E-state index >= 15 is 0 Å². The lowest BCUT2D eigenvalue weighted by molar-refractivity contribution is -0.121. The molecule has 1 aromatic carbocycles. The summed E-state index contributed by atoms with van der Waals surface area (Å²) in [6.07, 6.45) is 0.170. The molecule has 0 spiro atoms. The topological polar surface area (TPSA) is 111 Å². The van der Waals surface area contributed by atoms with Crippen LogP contribution in [0.2, 0.25) is 0 Å². The van der Waals surface area contributed by atoms with Gasteiger partial charge in [0.15, 0.2) is 11.5 Å². The zero-order valence-corrected chi connectivity index (χ0v) is 11.4. The quantitative estimate of drug-likeness (QED) is 0.640. The lowest BCUT2D eigenvalue weighted by Crippen LogP contribution is -2.24. The van der Waals surface area contributed by atoms with Crippen LogP contribution in [0.25, 0.3) is 0 Å². The molecule has 0 heterocycles. The number of carboxylic acids is 1. The molecule has 0 aliphatic rings. The molecule has 0 aliphatic carbocycles. The molecule has 0 unspecified atom stereocenters. The van der Waals surface area contributed by atoms with Crippen LogP contribution in [-0.4, -0.2) is 37.2 Å². The van der Waals surface area contributed by atoms with Gasteiger partial charge >= 0.3 is 5.97 Å². The molecule has 0 atom stereocenters. The summed E-state index contributed by atoms with van der Waals surface area (Å²) in [5.41, 5.74) is 5.62. The number of aromatic carboxylic acids is 1. The molecule has 0 saturated carbocycles. The van der Waals surface area contributed by atoms with Gasteiger partial charge in [0.25, 0.3) is 0 Å². The monoisotopic (exact) mass is 282 g/mol. The molecule has 0 radical (unpaired) electrons. The van der Waals surface area contributed by atoms with Crippen LogP contribution in [0, 0.1) is 0 Å². The van der Waals surface area contributed by atoms with E-state index in [0.717, 1.165) is 0 Å². The van der Waals surface area contributed by atoms with Crippen molar-refractivity contribution in [3.05, 3.63) is 17.7 Å². The number of carboxylic acid groups (broad SMARTS) is 1. The van der Waals surface area contributed by atoms with Crippen LogP contribution in [0.15, 0.2) is 12.1 Å². The molecular weight excluding hydrogens is 264 g/mol. The van der Waals surface area contributed by atoms with E-state index in [1.54, 1.807) is 0 Å². The number of hydrogen-bond donors (Lipinski definition) is 3. The Bertz CT molecular complexity index is 502. The molecule has 4 N–H and O–H groups in total. The van der Waals surface area contributed by atoms with E-state index in [0.29, 0.717) is 12.3 Å². The number of rotatable bonds is 7. The summed E-state index contributed by atoms with van der Waals surface area (Å²) in [7, 11) is 1.42. The second-order valence-electron chi connectivity index (χ2n) is 3.95. The predicted molar refractivity (Wildman–Crippen MR) is 73.2 cm³/mol. The lowest BCUT2D eigenvalue weighted by Gasteiger charge is -2.12. The summed E-state index contributed by atoms with van der Waals surface area (Å²) < 4.78 is 10.5. The number of methoxy groups -OCH3 is 1. The number of carbonyl (C=O) groups excluding carboxylic acids is 1. The molecule has 1 rings (SSSR count). The number of hydrogen-bond acceptors (Lipinski definition) is 5. The van der Waals surface area contributed by atoms with Gasteiger partial charge in [-0.05, 0) is 6.92 Å². The maximum absolute atomic E-state index is 11.3. The van der Waals surface area contributed by atoms with Gasteiger partial charge in [0.2, 0.25) is 5.91 Å². The van der Waals surface area contributed by atoms with Crippen molar-refractivity contribution in [2.45, 2.75) is 13.3 Å². The van der Waals surface area contributed by atoms with E-state index in [2.05, 4.69) is 5.32 Å². The number of benzene rings is 1. The highest BCUT2D eigenvalue weighted by atomic mass is 16.5. The Balaban J connectivity index is 2.80. The van der Waals surface area contributed by atoms with Gasteiger partial charge in [-0.2, -0.15) is 0 Å². The fraction of sp³-hybridized carbons (Fsp3) is 0.385. The van der Waals surface area contributed by atoms with Gasteiger partial charge in [-0.25, -0.2) is 4.79 Å². The summed E-state index contributed by atoms with van der Waals surface area (Å²) in [6.45, 7) is 2.49. The highest BCUT2D eigenvalue weighted by Gasteiger charge is 2.15. The average Bonchev–Trinajstić information content (AvgIpc) is 2.39. The number of nitrogens with two attached hydrogens (primary N) is 1. The van der Waals surface area contributed by atoms with Crippen molar-refractivity contribution in [1.82, 2.24) is 5.32 Å². The second kappa shape index (κ2) is 7.22. The van der Waals surface area contributed by atoms with E-state index < -0.39 is 5.97 Å². The third-order valence-corrected chi connectivity index (χ3v) is 2.53. The largest absolute Gasteiger partial charge is 0.493 e. The van der Waals surface area contributed by atoms with Gasteiger partial charge in [0, 0.05) is 18.7 Å². The molecule has 1 amide bonds. The van der Waals surface area contributed by atoms with Crippen LogP contribution in [-0.2, 0) is 4.79 Å². The fourth-order valence-electron chi connectivity index (χ4n) is 1.57. The Morgan fingerprint density at radius 1 is 1.35 bits per heavy atom. The molecule has 110 valence electrons. The Hall–Kier alpha value is -2.44. The highest BCUT2D eigenvalue weighted by Crippen LogP contribution is 2.32. The van der Waals surface area contributed by atoms with Crippen molar-refractivity contribution in [2.75, 3.05) is 26.0 Å². The van der Waals surface area contributed by atoms with E-state index in [-0.39, 0.29) is 35.9 Å². The number of ether oxygens (including phenoxy) is 2. The van der Waals surface area contributed by atoms with Gasteiger partial charge in [0.1, 0.15) is 0 Å². The Kier molecular flexibility index (Phi) is 5.64. The van der Waals surface area contributed by atoms with Crippen LogP contribution in [0.1, 0.15) is 23.7 Å². The van der Waals surface area contributed by atoms with E-state index in [1.807, 2.05) is 6.92 Å². The summed E-state index contributed by atoms with van der Waals surface area (Å²) in [6, 6.07) is 2.67. The highest BCUT2D eigenvalue weighted by molar-refractivity contribution is 5.94. The van der Waals surface area contributed by atoms with Crippen molar-refractivity contribution in [3.8, 4) is 11.5 Å². The zero-order valence-electron chi connectivity index (χ0n) is 11.4. The van der Waals surface area contributed by atoms with Crippen molar-refractivity contribution < 1.29 is 24.2 Å². The minimum atomic E-state index is -1.15. The van der Waals surface area contributed by atoms with Crippen LogP contribution >= 0.6 is 0 Å². The summed E-state index contributed by atoms with van der Waals surface area (Å²) >= 11 is 0. The Labute approximate surface area is 116 Å². The molecule has 20 heavy (non-hydrogen) atoms. The van der Waals surface area contributed by atoms with Crippen LogP contribution in [0.4, 0.5) is 5.69 Å². The first-order valence-corrected chi connectivity index (χ1v) is 6.09. The first kappa shape index (κ1) is 15.6. The smallest absolute Gasteiger partial charge is 0.337 e. The molecular formula is C13H18N2O5. The number of nitrogen functional groups attached to an aromatic ring is 1. The van der Waals surface area contributed by atoms with Crippen molar-refractivity contribution in [3.63, 3.8) is 0 Å². The minimum absolute atomic E-state index is 0.0705. The lowest BCUT2D eigenvalue weighted by atomic mass is 10.1. The van der Waals surface area contributed by atoms with Crippen molar-refractivity contribution >= 4 is 17.6 Å². The van der Waals surface area contributed by atoms with Crippen LogP contribution in [0.5, 0.6) is 11.5 Å². The van der Waals surface area contributed by atoms with Gasteiger partial charge in [-0.15, -0.1) is 0 Å². The maximum atomic E-state index is 11.3. The van der Waals surface area contributed by atoms with Gasteiger partial charge in [-0.1, -0.05) is 0 Å². The predicted octanol–water partition coefficient (Wildman–Crippen LogP) is 0.881. The van der Waals surface area contributed by atoms with Crippen LogP contribution in [0.3, 0.4) is 0 Å². The molecule has 7 nitrogen and oxygen atoms in total. The molecule has 0 aromatic heterocycles. The summed E-state index contributed by atoms with van der Waals surface area (Å²) in [5, 5.41) is 11.6. The van der Waals surface area contributed by atoms with E-state index in [9.17, 15) is 9.59 Å². The number of nitrogens with one attached hydrogen (secondary N) is 1. The molecule has 1 aromatic rings. The zero-order chi connectivity index (χ0) is 15.1. The SMILES string of the molecule is CCNC(=O)CCOc1cc(C(=O)O)c(N)cc1OC. The second-order valence-corrected chi connectivity index (χ2v) is 3.95. The van der Waals surface area contributed by atoms with Gasteiger partial charge in [0.05, 0.1) is 31.4 Å². The standard InChI is InChI=1S/C13H18N2O5/c1-3-15-12(16)4-5-20-11-6-8(13(17)18)9(14)7-10(11)19-2/h6-7H,3-5,14H2,1-2H3,(H,15,16)(H,17,18). The first-order chi connectivity index (χ1) is 9.49.